The summed E-state index contributed by atoms with van der Waals surface area (Å²) in [7, 11) is 0. The smallest absolute Gasteiger partial charge is 0.178 e. The number of hydrogen-bond acceptors (Lipinski definition) is 3. The highest BCUT2D eigenvalue weighted by Crippen LogP contribution is 2.46. The van der Waals surface area contributed by atoms with Crippen LogP contribution in [-0.4, -0.2) is 26.8 Å². The van der Waals surface area contributed by atoms with E-state index in [1.165, 1.54) is 11.1 Å². The summed E-state index contributed by atoms with van der Waals surface area (Å²) in [5.74, 6) is -0.729. The second-order valence-electron chi connectivity index (χ2n) is 6.69. The Labute approximate surface area is 167 Å². The topological polar surface area (TPSA) is 55.7 Å². The quantitative estimate of drug-likeness (QED) is 0.484. The molecule has 2 aliphatic rings. The molecule has 0 spiro atoms. The molecule has 0 saturated carbocycles. The zero-order chi connectivity index (χ0) is 18.4. The maximum atomic E-state index is 9.97. The van der Waals surface area contributed by atoms with Gasteiger partial charge in [0.25, 0.3) is 0 Å². The number of phenols is 2. The van der Waals surface area contributed by atoms with E-state index in [0.29, 0.717) is 30.2 Å². The summed E-state index contributed by atoms with van der Waals surface area (Å²) in [6.45, 7) is 1.12. The van der Waals surface area contributed by atoms with Gasteiger partial charge in [-0.15, -0.1) is 0 Å². The Morgan fingerprint density at radius 3 is 2.54 bits per heavy atom. The van der Waals surface area contributed by atoms with Gasteiger partial charge in [-0.2, -0.15) is 0 Å². The van der Waals surface area contributed by atoms with E-state index < -0.39 is 0 Å². The lowest BCUT2D eigenvalue weighted by Gasteiger charge is -2.33. The molecule has 0 amide bonds. The number of phenolic OH excluding ortho intramolecular Hbond substituents is 2. The van der Waals surface area contributed by atoms with Gasteiger partial charge in [0.05, 0.1) is 16.1 Å². The van der Waals surface area contributed by atoms with Crippen molar-refractivity contribution < 1.29 is 10.2 Å². The van der Waals surface area contributed by atoms with Crippen LogP contribution in [-0.2, 0) is 19.4 Å². The van der Waals surface area contributed by atoms with Gasteiger partial charge < -0.3 is 20.4 Å². The van der Waals surface area contributed by atoms with Crippen molar-refractivity contribution in [1.82, 2.24) is 10.2 Å². The molecule has 0 fully saturated rings. The Bertz CT molecular complexity index is 904. The molecule has 4 rings (SSSR count). The molecule has 1 heterocycles. The van der Waals surface area contributed by atoms with Crippen LogP contribution in [0, 0.1) is 0 Å². The second-order valence-corrected chi connectivity index (χ2v) is 7.84. The van der Waals surface area contributed by atoms with Crippen LogP contribution < -0.4 is 5.32 Å². The third-order valence-corrected chi connectivity index (χ3v) is 6.42. The average molecular weight is 409 g/mol. The summed E-state index contributed by atoms with van der Waals surface area (Å²) in [5, 5.41) is 24.3. The molecule has 4 nitrogen and oxygen atoms in total. The first-order valence-corrected chi connectivity index (χ1v) is 9.67. The van der Waals surface area contributed by atoms with Crippen molar-refractivity contribution in [2.75, 3.05) is 6.54 Å². The van der Waals surface area contributed by atoms with Gasteiger partial charge in [0, 0.05) is 13.1 Å². The molecule has 2 aromatic carbocycles. The molecular formula is C19H18Cl2N2O2S. The van der Waals surface area contributed by atoms with Gasteiger partial charge in [-0.1, -0.05) is 47.5 Å². The summed E-state index contributed by atoms with van der Waals surface area (Å²) in [4.78, 5) is 2.03. The van der Waals surface area contributed by atoms with Crippen LogP contribution >= 0.6 is 35.4 Å². The Morgan fingerprint density at radius 1 is 1.08 bits per heavy atom. The molecule has 3 N–H and O–H groups in total. The zero-order valence-electron chi connectivity index (χ0n) is 13.9. The molecule has 1 atom stereocenters. The number of nitrogens with zero attached hydrogens (tertiary/aromatic N) is 1. The largest absolute Gasteiger partial charge is 0.503 e. The minimum Gasteiger partial charge on any atom is -0.503 e. The van der Waals surface area contributed by atoms with E-state index in [1.807, 2.05) is 4.90 Å². The lowest BCUT2D eigenvalue weighted by atomic mass is 9.98. The minimum absolute atomic E-state index is 0.139. The zero-order valence-corrected chi connectivity index (χ0v) is 16.3. The molecule has 0 aromatic heterocycles. The van der Waals surface area contributed by atoms with Gasteiger partial charge in [0.1, 0.15) is 0 Å². The molecule has 1 aliphatic carbocycles. The fourth-order valence-electron chi connectivity index (χ4n) is 3.82. The van der Waals surface area contributed by atoms with E-state index in [4.69, 9.17) is 35.4 Å². The van der Waals surface area contributed by atoms with Crippen LogP contribution in [0.25, 0.3) is 0 Å². The van der Waals surface area contributed by atoms with E-state index in [-0.39, 0.29) is 27.6 Å². The van der Waals surface area contributed by atoms with Crippen LogP contribution in [0.3, 0.4) is 0 Å². The van der Waals surface area contributed by atoms with E-state index in [2.05, 4.69) is 29.6 Å². The molecule has 136 valence electrons. The Morgan fingerprint density at radius 2 is 1.77 bits per heavy atom. The van der Waals surface area contributed by atoms with Gasteiger partial charge in [0.15, 0.2) is 16.6 Å². The molecule has 1 aliphatic heterocycles. The van der Waals surface area contributed by atoms with Gasteiger partial charge >= 0.3 is 0 Å². The summed E-state index contributed by atoms with van der Waals surface area (Å²) in [5.41, 5.74) is 4.16. The highest BCUT2D eigenvalue weighted by atomic mass is 35.5. The number of aromatic hydroxyl groups is 2. The fraction of sp³-hybridized carbons (Fsp3) is 0.316. The molecular weight excluding hydrogens is 391 g/mol. The number of nitrogens with one attached hydrogen (secondary N) is 1. The third-order valence-electron chi connectivity index (χ3n) is 5.23. The number of aryl methyl sites for hydroxylation is 1. The molecule has 2 aromatic rings. The van der Waals surface area contributed by atoms with Crippen molar-refractivity contribution in [2.45, 2.75) is 31.8 Å². The highest BCUT2D eigenvalue weighted by molar-refractivity contribution is 7.80. The Kier molecular flexibility index (Phi) is 4.63. The van der Waals surface area contributed by atoms with E-state index in [0.717, 1.165) is 18.4 Å². The second kappa shape index (κ2) is 6.80. The SMILES string of the molecule is Oc1c(O)c(Cl)c2c(c1Cl)CCN(C(=S)N[C@H]1CCc3ccccc31)C2. The minimum atomic E-state index is -0.374. The first-order chi connectivity index (χ1) is 12.5. The van der Waals surface area contributed by atoms with Crippen LogP contribution in [0.4, 0.5) is 0 Å². The van der Waals surface area contributed by atoms with Crippen LogP contribution in [0.5, 0.6) is 11.5 Å². The fourth-order valence-corrected chi connectivity index (χ4v) is 4.68. The number of rotatable bonds is 1. The first kappa shape index (κ1) is 17.7. The Hall–Kier alpha value is -1.69. The lowest BCUT2D eigenvalue weighted by Crippen LogP contribution is -2.43. The predicted molar refractivity (Wildman–Crippen MR) is 107 cm³/mol. The first-order valence-electron chi connectivity index (χ1n) is 8.51. The van der Waals surface area contributed by atoms with Gasteiger partial charge in [-0.05, 0) is 53.7 Å². The highest BCUT2D eigenvalue weighted by Gasteiger charge is 2.29. The maximum Gasteiger partial charge on any atom is 0.178 e. The number of thiocarbonyl (C=S) groups is 1. The van der Waals surface area contributed by atoms with Crippen LogP contribution in [0.15, 0.2) is 24.3 Å². The van der Waals surface area contributed by atoms with E-state index >= 15 is 0 Å². The standard InChI is InChI=1S/C19H18Cl2N2O2S/c20-15-12-7-8-23(9-13(12)16(21)18(25)17(15)24)19(26)22-14-6-5-10-3-1-2-4-11(10)14/h1-4,14,24-25H,5-9H2,(H,22,26)/t14-/m0/s1. The molecule has 7 heteroatoms. The molecule has 0 unspecified atom stereocenters. The van der Waals surface area contributed by atoms with Crippen molar-refractivity contribution in [3.63, 3.8) is 0 Å². The summed E-state index contributed by atoms with van der Waals surface area (Å²) in [6.07, 6.45) is 2.67. The maximum absolute atomic E-state index is 9.97. The molecule has 0 saturated heterocycles. The summed E-state index contributed by atoms with van der Waals surface area (Å²) in [6, 6.07) is 8.64. The summed E-state index contributed by atoms with van der Waals surface area (Å²) >= 11 is 18.0. The van der Waals surface area contributed by atoms with Gasteiger partial charge in [-0.3, -0.25) is 0 Å². The third kappa shape index (κ3) is 2.88. The normalized spacial score (nSPS) is 18.4. The number of halogens is 2. The van der Waals surface area contributed by atoms with Crippen molar-refractivity contribution in [1.29, 1.82) is 0 Å². The van der Waals surface area contributed by atoms with E-state index in [9.17, 15) is 10.2 Å². The number of hydrogen-bond donors (Lipinski definition) is 3. The lowest BCUT2D eigenvalue weighted by molar-refractivity contribution is 0.371. The monoisotopic (exact) mass is 408 g/mol. The van der Waals surface area contributed by atoms with Crippen molar-refractivity contribution in [2.24, 2.45) is 0 Å². The van der Waals surface area contributed by atoms with Crippen molar-refractivity contribution in [3.8, 4) is 11.5 Å². The Balaban J connectivity index is 1.54. The van der Waals surface area contributed by atoms with E-state index in [1.54, 1.807) is 0 Å². The number of fused-ring (bicyclic) bond motifs is 2. The number of benzene rings is 2. The predicted octanol–water partition coefficient (Wildman–Crippen LogP) is 4.32. The van der Waals surface area contributed by atoms with Crippen LogP contribution in [0.2, 0.25) is 10.0 Å². The van der Waals surface area contributed by atoms with Gasteiger partial charge in [-0.25, -0.2) is 0 Å². The summed E-state index contributed by atoms with van der Waals surface area (Å²) < 4.78 is 0. The molecule has 0 radical (unpaired) electrons. The van der Waals surface area contributed by atoms with Gasteiger partial charge in [0.2, 0.25) is 0 Å². The van der Waals surface area contributed by atoms with Crippen LogP contribution in [0.1, 0.15) is 34.7 Å². The molecule has 0 bridgehead atoms. The van der Waals surface area contributed by atoms with Crippen molar-refractivity contribution >= 4 is 40.5 Å². The average Bonchev–Trinajstić information content (AvgIpc) is 3.07. The molecule has 26 heavy (non-hydrogen) atoms. The van der Waals surface area contributed by atoms with Crippen molar-refractivity contribution in [3.05, 3.63) is 56.6 Å².